The molecule has 3 N–H and O–H groups in total. The van der Waals surface area contributed by atoms with Gasteiger partial charge in [-0.1, -0.05) is 54.6 Å². The fourth-order valence-corrected chi connectivity index (χ4v) is 4.83. The lowest BCUT2D eigenvalue weighted by molar-refractivity contribution is 0.104. The molecule has 4 nitrogen and oxygen atoms in total. The van der Waals surface area contributed by atoms with E-state index in [1.165, 1.54) is 17.6 Å². The summed E-state index contributed by atoms with van der Waals surface area (Å²) in [6.07, 6.45) is 3.14. The van der Waals surface area contributed by atoms with Crippen LogP contribution in [0.1, 0.15) is 15.2 Å². The minimum atomic E-state index is -0.0329. The van der Waals surface area contributed by atoms with E-state index in [2.05, 4.69) is 0 Å². The predicted molar refractivity (Wildman–Crippen MR) is 121 cm³/mol. The summed E-state index contributed by atoms with van der Waals surface area (Å²) < 4.78 is 6.05. The maximum Gasteiger partial charge on any atom is 0.203 e. The molecular weight excluding hydrogens is 394 g/mol. The first-order chi connectivity index (χ1) is 14.6. The molecule has 0 aliphatic carbocycles. The Balaban J connectivity index is 1.68. The molecule has 0 bridgehead atoms. The van der Waals surface area contributed by atoms with Gasteiger partial charge in [0.15, 0.2) is 0 Å². The highest BCUT2D eigenvalue weighted by atomic mass is 32.1. The van der Waals surface area contributed by atoms with E-state index in [1.807, 2.05) is 60.7 Å². The van der Waals surface area contributed by atoms with E-state index in [9.17, 15) is 9.90 Å². The Bertz CT molecular complexity index is 1370. The van der Waals surface area contributed by atoms with Crippen molar-refractivity contribution in [3.05, 3.63) is 95.8 Å². The first-order valence-electron chi connectivity index (χ1n) is 9.39. The molecule has 5 rings (SSSR count). The zero-order valence-electron chi connectivity index (χ0n) is 15.8. The van der Waals surface area contributed by atoms with Gasteiger partial charge in [-0.05, 0) is 29.3 Å². The van der Waals surface area contributed by atoms with Gasteiger partial charge in [-0.3, -0.25) is 4.79 Å². The van der Waals surface area contributed by atoms with Crippen LogP contribution in [0.2, 0.25) is 0 Å². The third kappa shape index (κ3) is 3.06. The van der Waals surface area contributed by atoms with E-state index >= 15 is 0 Å². The number of hydrogen-bond acceptors (Lipinski definition) is 5. The number of rotatable bonds is 4. The Labute approximate surface area is 176 Å². The summed E-state index contributed by atoms with van der Waals surface area (Å²) in [5, 5.41) is 10.9. The number of fused-ring (bicyclic) bond motifs is 1. The summed E-state index contributed by atoms with van der Waals surface area (Å²) in [7, 11) is 0. The number of nitrogen functional groups attached to an aromatic ring is 1. The molecule has 146 valence electrons. The minimum Gasteiger partial charge on any atom is -0.508 e. The maximum absolute atomic E-state index is 13.3. The van der Waals surface area contributed by atoms with Crippen molar-refractivity contribution in [1.29, 1.82) is 0 Å². The largest absolute Gasteiger partial charge is 0.508 e. The molecule has 0 spiro atoms. The molecule has 0 radical (unpaired) electrons. The standard InChI is InChI=1S/C25H17NO3S/c26-21-14-29-13-20(21)15-6-8-16(9-7-15)23-19-11-10-18(27)12-22(19)30-25(23)24(28)17-4-2-1-3-5-17/h1-14,27H,26H2. The van der Waals surface area contributed by atoms with Crippen LogP contribution in [0.3, 0.4) is 0 Å². The number of nitrogens with two attached hydrogens (primary N) is 1. The lowest BCUT2D eigenvalue weighted by atomic mass is 9.96. The minimum absolute atomic E-state index is 0.0329. The van der Waals surface area contributed by atoms with Crippen molar-refractivity contribution < 1.29 is 14.3 Å². The van der Waals surface area contributed by atoms with Gasteiger partial charge in [0, 0.05) is 26.8 Å². The number of phenols is 1. The average Bonchev–Trinajstić information content (AvgIpc) is 3.37. The van der Waals surface area contributed by atoms with E-state index < -0.39 is 0 Å². The number of thiophene rings is 1. The Morgan fingerprint density at radius 1 is 0.900 bits per heavy atom. The van der Waals surface area contributed by atoms with Crippen LogP contribution in [0.4, 0.5) is 5.69 Å². The number of carbonyl (C=O) groups is 1. The van der Waals surface area contributed by atoms with E-state index in [1.54, 1.807) is 18.4 Å². The van der Waals surface area contributed by atoms with Crippen molar-refractivity contribution in [2.75, 3.05) is 5.73 Å². The molecule has 0 fully saturated rings. The van der Waals surface area contributed by atoms with Gasteiger partial charge in [-0.25, -0.2) is 0 Å². The molecule has 0 atom stereocenters. The molecule has 0 amide bonds. The van der Waals surface area contributed by atoms with Gasteiger partial charge in [0.2, 0.25) is 5.78 Å². The van der Waals surface area contributed by atoms with Crippen LogP contribution in [0.15, 0.2) is 89.7 Å². The fourth-order valence-electron chi connectivity index (χ4n) is 3.61. The molecule has 0 aliphatic heterocycles. The quantitative estimate of drug-likeness (QED) is 0.338. The van der Waals surface area contributed by atoms with Crippen molar-refractivity contribution in [2.24, 2.45) is 0 Å². The van der Waals surface area contributed by atoms with Gasteiger partial charge in [0.25, 0.3) is 0 Å². The summed E-state index contributed by atoms with van der Waals surface area (Å²) in [5.74, 6) is 0.147. The van der Waals surface area contributed by atoms with Crippen molar-refractivity contribution >= 4 is 32.9 Å². The van der Waals surface area contributed by atoms with Gasteiger partial charge in [0.1, 0.15) is 18.3 Å². The maximum atomic E-state index is 13.3. The Morgan fingerprint density at radius 2 is 1.63 bits per heavy atom. The normalized spacial score (nSPS) is 11.1. The third-order valence-electron chi connectivity index (χ3n) is 5.09. The second-order valence-corrected chi connectivity index (χ2v) is 8.05. The number of ketones is 1. The lowest BCUT2D eigenvalue weighted by Gasteiger charge is -2.07. The SMILES string of the molecule is Nc1cocc1-c1ccc(-c2c(C(=O)c3ccccc3)sc3cc(O)ccc23)cc1. The molecule has 5 heteroatoms. The molecule has 0 aliphatic rings. The van der Waals surface area contributed by atoms with Gasteiger partial charge >= 0.3 is 0 Å². The van der Waals surface area contributed by atoms with Gasteiger partial charge in [-0.2, -0.15) is 0 Å². The van der Waals surface area contributed by atoms with Crippen LogP contribution in [0.25, 0.3) is 32.3 Å². The summed E-state index contributed by atoms with van der Waals surface area (Å²) in [6, 6.07) is 22.4. The highest BCUT2D eigenvalue weighted by Gasteiger charge is 2.21. The van der Waals surface area contributed by atoms with Crippen LogP contribution in [-0.2, 0) is 0 Å². The molecule has 0 saturated heterocycles. The van der Waals surface area contributed by atoms with E-state index in [-0.39, 0.29) is 11.5 Å². The molecule has 0 saturated carbocycles. The Kier molecular flexibility index (Phi) is 4.38. The molecule has 5 aromatic rings. The molecular formula is C25H17NO3S. The van der Waals surface area contributed by atoms with Crippen LogP contribution in [0.5, 0.6) is 5.75 Å². The van der Waals surface area contributed by atoms with Crippen molar-refractivity contribution in [3.63, 3.8) is 0 Å². The summed E-state index contributed by atoms with van der Waals surface area (Å²) >= 11 is 1.40. The fraction of sp³-hybridized carbons (Fsp3) is 0. The highest BCUT2D eigenvalue weighted by molar-refractivity contribution is 7.21. The zero-order valence-corrected chi connectivity index (χ0v) is 16.6. The highest BCUT2D eigenvalue weighted by Crippen LogP contribution is 2.42. The van der Waals surface area contributed by atoms with Crippen LogP contribution in [0, 0.1) is 0 Å². The molecule has 30 heavy (non-hydrogen) atoms. The van der Waals surface area contributed by atoms with E-state index in [0.29, 0.717) is 16.1 Å². The number of furan rings is 1. The molecule has 2 heterocycles. The van der Waals surface area contributed by atoms with E-state index in [0.717, 1.165) is 32.3 Å². The first-order valence-corrected chi connectivity index (χ1v) is 10.2. The smallest absolute Gasteiger partial charge is 0.203 e. The summed E-state index contributed by atoms with van der Waals surface area (Å²) in [4.78, 5) is 14.0. The molecule has 2 aromatic heterocycles. The lowest BCUT2D eigenvalue weighted by Crippen LogP contribution is -2.00. The average molecular weight is 411 g/mol. The van der Waals surface area contributed by atoms with Gasteiger partial charge in [-0.15, -0.1) is 11.3 Å². The van der Waals surface area contributed by atoms with Crippen molar-refractivity contribution in [2.45, 2.75) is 0 Å². The monoisotopic (exact) mass is 411 g/mol. The summed E-state index contributed by atoms with van der Waals surface area (Å²) in [6.45, 7) is 0. The molecule has 3 aromatic carbocycles. The van der Waals surface area contributed by atoms with Crippen molar-refractivity contribution in [3.8, 4) is 28.0 Å². The predicted octanol–water partition coefficient (Wildman–Crippen LogP) is 6.35. The number of phenolic OH excluding ortho intramolecular Hbond substituents is 1. The third-order valence-corrected chi connectivity index (χ3v) is 6.24. The molecule has 0 unspecified atom stereocenters. The summed E-state index contributed by atoms with van der Waals surface area (Å²) in [5.41, 5.74) is 10.8. The van der Waals surface area contributed by atoms with Gasteiger partial charge < -0.3 is 15.3 Å². The van der Waals surface area contributed by atoms with Gasteiger partial charge in [0.05, 0.1) is 10.6 Å². The second-order valence-electron chi connectivity index (χ2n) is 7.00. The van der Waals surface area contributed by atoms with Crippen LogP contribution < -0.4 is 5.73 Å². The Morgan fingerprint density at radius 3 is 2.33 bits per heavy atom. The van der Waals surface area contributed by atoms with Crippen LogP contribution >= 0.6 is 11.3 Å². The zero-order chi connectivity index (χ0) is 20.7. The number of benzene rings is 3. The first kappa shape index (κ1) is 18.2. The number of aromatic hydroxyl groups is 1. The van der Waals surface area contributed by atoms with Crippen molar-refractivity contribution in [1.82, 2.24) is 0 Å². The second kappa shape index (κ2) is 7.21. The van der Waals surface area contributed by atoms with E-state index in [4.69, 9.17) is 10.2 Å². The topological polar surface area (TPSA) is 76.5 Å². The number of hydrogen-bond donors (Lipinski definition) is 2. The van der Waals surface area contributed by atoms with Crippen LogP contribution in [-0.4, -0.2) is 10.9 Å². The number of carbonyl (C=O) groups excluding carboxylic acids is 1. The number of anilines is 1. The Hall–Kier alpha value is -3.83.